The molecule has 0 spiro atoms. The van der Waals surface area contributed by atoms with Crippen molar-refractivity contribution in [1.29, 1.82) is 0 Å². The standard InChI is InChI=1S/C19H27N3O6S/c1-12(2)16(22-29(24,25)14-9-7-13(26-6)8-10-14)17(23)27-11-15-20-18(21-28-15)19(3,4)5/h7-10,12,16,22H,11H2,1-6H3/t16-/m0/s1. The molecular formula is C19H27N3O6S. The Balaban J connectivity index is 2.07. The molecule has 1 aromatic carbocycles. The maximum Gasteiger partial charge on any atom is 0.324 e. The summed E-state index contributed by atoms with van der Waals surface area (Å²) in [5.74, 6) is 0.0850. The van der Waals surface area contributed by atoms with Crippen LogP contribution in [0.3, 0.4) is 0 Å². The van der Waals surface area contributed by atoms with Crippen LogP contribution < -0.4 is 9.46 Å². The van der Waals surface area contributed by atoms with E-state index < -0.39 is 22.0 Å². The van der Waals surface area contributed by atoms with Gasteiger partial charge >= 0.3 is 5.97 Å². The van der Waals surface area contributed by atoms with Gasteiger partial charge in [0.05, 0.1) is 12.0 Å². The molecule has 0 radical (unpaired) electrons. The smallest absolute Gasteiger partial charge is 0.324 e. The first-order chi connectivity index (χ1) is 13.4. The van der Waals surface area contributed by atoms with E-state index in [2.05, 4.69) is 14.9 Å². The summed E-state index contributed by atoms with van der Waals surface area (Å²) in [6, 6.07) is 4.78. The van der Waals surface area contributed by atoms with Gasteiger partial charge < -0.3 is 14.0 Å². The number of rotatable bonds is 8. The van der Waals surface area contributed by atoms with Crippen molar-refractivity contribution >= 4 is 16.0 Å². The molecule has 0 amide bonds. The Morgan fingerprint density at radius 3 is 2.31 bits per heavy atom. The largest absolute Gasteiger partial charge is 0.497 e. The number of ether oxygens (including phenoxy) is 2. The summed E-state index contributed by atoms with van der Waals surface area (Å²) in [5.41, 5.74) is -0.305. The summed E-state index contributed by atoms with van der Waals surface area (Å²) in [7, 11) is -2.44. The van der Waals surface area contributed by atoms with Gasteiger partial charge in [-0.3, -0.25) is 4.79 Å². The van der Waals surface area contributed by atoms with E-state index in [1.165, 1.54) is 31.4 Å². The molecule has 0 bridgehead atoms. The fourth-order valence-electron chi connectivity index (χ4n) is 2.29. The number of nitrogens with zero attached hydrogens (tertiary/aromatic N) is 2. The molecule has 10 heteroatoms. The Labute approximate surface area is 170 Å². The summed E-state index contributed by atoms with van der Waals surface area (Å²) < 4.78 is 43.0. The molecule has 29 heavy (non-hydrogen) atoms. The number of methoxy groups -OCH3 is 1. The number of hydrogen-bond donors (Lipinski definition) is 1. The molecule has 160 valence electrons. The molecule has 1 atom stereocenters. The van der Waals surface area contributed by atoms with Gasteiger partial charge in [0.15, 0.2) is 12.4 Å². The number of carbonyl (C=O) groups is 1. The molecule has 1 heterocycles. The van der Waals surface area contributed by atoms with E-state index in [1.807, 2.05) is 20.8 Å². The van der Waals surface area contributed by atoms with Crippen LogP contribution in [-0.2, 0) is 31.6 Å². The lowest BCUT2D eigenvalue weighted by Gasteiger charge is -2.20. The number of benzene rings is 1. The average molecular weight is 426 g/mol. The monoisotopic (exact) mass is 425 g/mol. The van der Waals surface area contributed by atoms with Crippen LogP contribution in [0.5, 0.6) is 5.75 Å². The minimum absolute atomic E-state index is 0.0171. The van der Waals surface area contributed by atoms with Crippen molar-refractivity contribution in [1.82, 2.24) is 14.9 Å². The number of carbonyl (C=O) groups excluding carboxylic acids is 1. The minimum atomic E-state index is -3.93. The number of aromatic nitrogens is 2. The summed E-state index contributed by atoms with van der Waals surface area (Å²) in [5, 5.41) is 3.86. The highest BCUT2D eigenvalue weighted by Gasteiger charge is 2.30. The number of esters is 1. The zero-order valence-electron chi connectivity index (χ0n) is 17.4. The van der Waals surface area contributed by atoms with Gasteiger partial charge in [-0.05, 0) is 30.2 Å². The molecule has 0 unspecified atom stereocenters. The highest BCUT2D eigenvalue weighted by molar-refractivity contribution is 7.89. The highest BCUT2D eigenvalue weighted by Crippen LogP contribution is 2.19. The Kier molecular flexibility index (Phi) is 7.02. The third-order valence-corrected chi connectivity index (χ3v) is 5.51. The van der Waals surface area contributed by atoms with E-state index in [4.69, 9.17) is 14.0 Å². The maximum absolute atomic E-state index is 12.6. The molecule has 0 aliphatic heterocycles. The van der Waals surface area contributed by atoms with E-state index in [0.29, 0.717) is 11.6 Å². The lowest BCUT2D eigenvalue weighted by molar-refractivity contribution is -0.148. The molecule has 2 rings (SSSR count). The van der Waals surface area contributed by atoms with Gasteiger partial charge in [-0.15, -0.1) is 0 Å². The van der Waals surface area contributed by atoms with E-state index in [-0.39, 0.29) is 28.7 Å². The molecule has 1 aromatic heterocycles. The minimum Gasteiger partial charge on any atom is -0.497 e. The van der Waals surface area contributed by atoms with Crippen LogP contribution in [0.4, 0.5) is 0 Å². The molecule has 0 saturated carbocycles. The number of hydrogen-bond acceptors (Lipinski definition) is 8. The van der Waals surface area contributed by atoms with Crippen LogP contribution in [-0.4, -0.2) is 37.7 Å². The van der Waals surface area contributed by atoms with Gasteiger partial charge in [-0.1, -0.05) is 39.8 Å². The molecular weight excluding hydrogens is 398 g/mol. The van der Waals surface area contributed by atoms with E-state index in [0.717, 1.165) is 0 Å². The fourth-order valence-corrected chi connectivity index (χ4v) is 3.62. The Bertz CT molecular complexity index is 930. The maximum atomic E-state index is 12.6. The van der Waals surface area contributed by atoms with Gasteiger partial charge in [0.1, 0.15) is 11.8 Å². The van der Waals surface area contributed by atoms with E-state index >= 15 is 0 Å². The predicted octanol–water partition coefficient (Wildman–Crippen LogP) is 2.42. The Hall–Kier alpha value is -2.46. The summed E-state index contributed by atoms with van der Waals surface area (Å²) in [4.78, 5) is 16.7. The van der Waals surface area contributed by atoms with Crippen molar-refractivity contribution in [2.75, 3.05) is 7.11 Å². The summed E-state index contributed by atoms with van der Waals surface area (Å²) >= 11 is 0. The van der Waals surface area contributed by atoms with Crippen LogP contribution in [0.1, 0.15) is 46.3 Å². The normalized spacial score (nSPS) is 13.3. The van der Waals surface area contributed by atoms with Crippen LogP contribution in [0, 0.1) is 5.92 Å². The first-order valence-corrected chi connectivity index (χ1v) is 10.6. The van der Waals surface area contributed by atoms with Gasteiger partial charge in [-0.25, -0.2) is 8.42 Å². The van der Waals surface area contributed by atoms with Crippen molar-refractivity contribution < 1.29 is 27.2 Å². The highest BCUT2D eigenvalue weighted by atomic mass is 32.2. The van der Waals surface area contributed by atoms with E-state index in [1.54, 1.807) is 13.8 Å². The van der Waals surface area contributed by atoms with E-state index in [9.17, 15) is 13.2 Å². The third-order valence-electron chi connectivity index (χ3n) is 4.05. The first kappa shape index (κ1) is 22.8. The number of nitrogens with one attached hydrogen (secondary N) is 1. The Morgan fingerprint density at radius 1 is 1.21 bits per heavy atom. The van der Waals surface area contributed by atoms with Crippen molar-refractivity contribution in [3.8, 4) is 5.75 Å². The fraction of sp³-hybridized carbons (Fsp3) is 0.526. The van der Waals surface area contributed by atoms with Crippen molar-refractivity contribution in [3.63, 3.8) is 0 Å². The molecule has 9 nitrogen and oxygen atoms in total. The van der Waals surface area contributed by atoms with Crippen LogP contribution in [0.15, 0.2) is 33.7 Å². The zero-order valence-corrected chi connectivity index (χ0v) is 18.2. The molecule has 0 aliphatic carbocycles. The van der Waals surface area contributed by atoms with Gasteiger partial charge in [0, 0.05) is 5.41 Å². The second kappa shape index (κ2) is 8.91. The lowest BCUT2D eigenvalue weighted by Crippen LogP contribution is -2.45. The zero-order chi connectivity index (χ0) is 21.8. The van der Waals surface area contributed by atoms with Crippen LogP contribution in [0.2, 0.25) is 0 Å². The average Bonchev–Trinajstić information content (AvgIpc) is 3.13. The second-order valence-corrected chi connectivity index (χ2v) is 9.60. The molecule has 1 N–H and O–H groups in total. The number of sulfonamides is 1. The topological polar surface area (TPSA) is 121 Å². The van der Waals surface area contributed by atoms with Crippen LogP contribution >= 0.6 is 0 Å². The van der Waals surface area contributed by atoms with Gasteiger partial charge in [-0.2, -0.15) is 9.71 Å². The van der Waals surface area contributed by atoms with Crippen molar-refractivity contribution in [2.24, 2.45) is 5.92 Å². The first-order valence-electron chi connectivity index (χ1n) is 9.10. The van der Waals surface area contributed by atoms with Crippen molar-refractivity contribution in [3.05, 3.63) is 36.0 Å². The van der Waals surface area contributed by atoms with Gasteiger partial charge in [0.2, 0.25) is 10.0 Å². The molecule has 2 aromatic rings. The summed E-state index contributed by atoms with van der Waals surface area (Å²) in [6.07, 6.45) is 0. The Morgan fingerprint density at radius 2 is 1.83 bits per heavy atom. The third kappa shape index (κ3) is 6.01. The molecule has 0 aliphatic rings. The molecule has 0 saturated heterocycles. The quantitative estimate of drug-likeness (QED) is 0.640. The summed E-state index contributed by atoms with van der Waals surface area (Å²) in [6.45, 7) is 8.97. The predicted molar refractivity (Wildman–Crippen MR) is 105 cm³/mol. The van der Waals surface area contributed by atoms with Crippen molar-refractivity contribution in [2.45, 2.75) is 57.6 Å². The lowest BCUT2D eigenvalue weighted by atomic mass is 9.96. The van der Waals surface area contributed by atoms with Gasteiger partial charge in [0.25, 0.3) is 5.89 Å². The molecule has 0 fully saturated rings. The second-order valence-electron chi connectivity index (χ2n) is 7.89. The van der Waals surface area contributed by atoms with Crippen LogP contribution in [0.25, 0.3) is 0 Å². The SMILES string of the molecule is COc1ccc(S(=O)(=O)N[C@H](C(=O)OCc2nc(C(C)(C)C)no2)C(C)C)cc1.